The van der Waals surface area contributed by atoms with Gasteiger partial charge >= 0.3 is 6.09 Å². The highest BCUT2D eigenvalue weighted by Gasteiger charge is 2.32. The Balaban J connectivity index is 1.58. The van der Waals surface area contributed by atoms with Crippen LogP contribution in [0.3, 0.4) is 0 Å². The number of fused-ring (bicyclic) bond motifs is 1. The molecule has 0 unspecified atom stereocenters. The third kappa shape index (κ3) is 4.18. The van der Waals surface area contributed by atoms with Gasteiger partial charge in [-0.2, -0.15) is 0 Å². The highest BCUT2D eigenvalue weighted by molar-refractivity contribution is 14.1. The van der Waals surface area contributed by atoms with Crippen LogP contribution >= 0.6 is 22.6 Å². The maximum Gasteiger partial charge on any atom is 0.410 e. The molecule has 0 radical (unpaired) electrons. The van der Waals surface area contributed by atoms with Crippen molar-refractivity contribution in [3.8, 4) is 0 Å². The van der Waals surface area contributed by atoms with Gasteiger partial charge in [0.15, 0.2) is 0 Å². The van der Waals surface area contributed by atoms with E-state index < -0.39 is 5.60 Å². The van der Waals surface area contributed by atoms with Crippen LogP contribution in [0.15, 0.2) is 12.5 Å². The number of halogens is 1. The van der Waals surface area contributed by atoms with Gasteiger partial charge < -0.3 is 19.1 Å². The first-order valence-electron chi connectivity index (χ1n) is 10.5. The van der Waals surface area contributed by atoms with Gasteiger partial charge in [0.25, 0.3) is 0 Å². The molecule has 1 amide bonds. The minimum Gasteiger partial charge on any atom is -0.444 e. The number of rotatable bonds is 2. The summed E-state index contributed by atoms with van der Waals surface area (Å²) in [6.07, 6.45) is 8.73. The molecule has 1 atom stereocenters. The number of nitrogens with zero attached hydrogens (tertiary/aromatic N) is 5. The molecule has 1 saturated heterocycles. The smallest absolute Gasteiger partial charge is 0.410 e. The van der Waals surface area contributed by atoms with E-state index in [0.29, 0.717) is 19.1 Å². The Hall–Kier alpha value is -1.58. The van der Waals surface area contributed by atoms with Crippen molar-refractivity contribution in [1.82, 2.24) is 19.4 Å². The SMILES string of the molecule is C[C@H]1CN(C(=O)OC(C)(C)C)CCN1c1ncnc2c1c(I)cn2C1CCCC1. The van der Waals surface area contributed by atoms with Crippen molar-refractivity contribution in [3.63, 3.8) is 0 Å². The molecule has 1 aliphatic carbocycles. The molecular weight excluding hydrogens is 481 g/mol. The Morgan fingerprint density at radius 1 is 1.21 bits per heavy atom. The minimum absolute atomic E-state index is 0.153. The molecule has 1 aliphatic heterocycles. The van der Waals surface area contributed by atoms with Crippen molar-refractivity contribution in [3.05, 3.63) is 16.1 Å². The van der Waals surface area contributed by atoms with E-state index in [4.69, 9.17) is 4.74 Å². The van der Waals surface area contributed by atoms with Crippen LogP contribution in [-0.2, 0) is 4.74 Å². The van der Waals surface area contributed by atoms with Crippen molar-refractivity contribution in [2.24, 2.45) is 0 Å². The van der Waals surface area contributed by atoms with Crippen LogP contribution < -0.4 is 4.90 Å². The number of ether oxygens (including phenoxy) is 1. The maximum absolute atomic E-state index is 12.5. The minimum atomic E-state index is -0.477. The van der Waals surface area contributed by atoms with Gasteiger partial charge in [0.1, 0.15) is 23.4 Å². The third-order valence-electron chi connectivity index (χ3n) is 5.81. The Bertz CT molecular complexity index is 900. The second kappa shape index (κ2) is 7.92. The summed E-state index contributed by atoms with van der Waals surface area (Å²) in [5, 5.41) is 1.14. The first-order valence-corrected chi connectivity index (χ1v) is 11.6. The van der Waals surface area contributed by atoms with Crippen molar-refractivity contribution in [1.29, 1.82) is 0 Å². The zero-order valence-corrected chi connectivity index (χ0v) is 19.8. The normalized spacial score (nSPS) is 21.2. The van der Waals surface area contributed by atoms with Crippen molar-refractivity contribution in [2.45, 2.75) is 71.1 Å². The van der Waals surface area contributed by atoms with E-state index in [2.05, 4.69) is 55.1 Å². The van der Waals surface area contributed by atoms with Gasteiger partial charge in [0.05, 0.1) is 5.39 Å². The van der Waals surface area contributed by atoms with Gasteiger partial charge in [-0.15, -0.1) is 0 Å². The van der Waals surface area contributed by atoms with E-state index in [9.17, 15) is 4.79 Å². The van der Waals surface area contributed by atoms with E-state index in [-0.39, 0.29) is 12.1 Å². The predicted octanol–water partition coefficient (Wildman–Crippen LogP) is 4.60. The molecule has 7 nitrogen and oxygen atoms in total. The summed E-state index contributed by atoms with van der Waals surface area (Å²) in [5.74, 6) is 0.979. The number of aromatic nitrogens is 3. The molecule has 2 aliphatic rings. The zero-order valence-electron chi connectivity index (χ0n) is 17.7. The van der Waals surface area contributed by atoms with Crippen molar-refractivity contribution in [2.75, 3.05) is 24.5 Å². The third-order valence-corrected chi connectivity index (χ3v) is 6.63. The predicted molar refractivity (Wildman–Crippen MR) is 122 cm³/mol. The monoisotopic (exact) mass is 511 g/mol. The Morgan fingerprint density at radius 2 is 1.93 bits per heavy atom. The highest BCUT2D eigenvalue weighted by atomic mass is 127. The van der Waals surface area contributed by atoms with E-state index >= 15 is 0 Å². The number of amides is 1. The number of carbonyl (C=O) groups excluding carboxylic acids is 1. The Kier molecular flexibility index (Phi) is 5.65. The van der Waals surface area contributed by atoms with Crippen LogP contribution in [0.4, 0.5) is 10.6 Å². The average Bonchev–Trinajstić information content (AvgIpc) is 3.28. The van der Waals surface area contributed by atoms with Gasteiger partial charge in [0, 0.05) is 41.5 Å². The van der Waals surface area contributed by atoms with Crippen LogP contribution in [-0.4, -0.2) is 56.8 Å². The van der Waals surface area contributed by atoms with Crippen LogP contribution in [0, 0.1) is 3.57 Å². The van der Waals surface area contributed by atoms with Gasteiger partial charge in [-0.3, -0.25) is 0 Å². The van der Waals surface area contributed by atoms with Gasteiger partial charge in [-0.05, 0) is 63.1 Å². The molecule has 2 fully saturated rings. The number of hydrogen-bond acceptors (Lipinski definition) is 5. The molecule has 0 bridgehead atoms. The van der Waals surface area contributed by atoms with Gasteiger partial charge in [0.2, 0.25) is 0 Å². The molecule has 0 aromatic carbocycles. The molecule has 2 aromatic rings. The largest absolute Gasteiger partial charge is 0.444 e. The van der Waals surface area contributed by atoms with Crippen molar-refractivity contribution >= 4 is 45.5 Å². The average molecular weight is 511 g/mol. The van der Waals surface area contributed by atoms with Crippen LogP contribution in [0.5, 0.6) is 0 Å². The number of carbonyl (C=O) groups is 1. The topological polar surface area (TPSA) is 63.5 Å². The summed E-state index contributed by atoms with van der Waals surface area (Å²) in [5.41, 5.74) is 0.559. The second-order valence-electron chi connectivity index (χ2n) is 9.19. The summed E-state index contributed by atoms with van der Waals surface area (Å²) in [4.78, 5) is 25.9. The van der Waals surface area contributed by atoms with E-state index in [1.54, 1.807) is 11.2 Å². The molecule has 0 spiro atoms. The molecular formula is C21H30IN5O2. The number of piperazine rings is 1. The maximum atomic E-state index is 12.5. The summed E-state index contributed by atoms with van der Waals surface area (Å²) in [6, 6.07) is 0.699. The molecule has 1 saturated carbocycles. The van der Waals surface area contributed by atoms with Crippen LogP contribution in [0.1, 0.15) is 59.4 Å². The first kappa shape index (κ1) is 20.7. The highest BCUT2D eigenvalue weighted by Crippen LogP contribution is 2.37. The van der Waals surface area contributed by atoms with E-state index in [1.807, 2.05) is 20.8 Å². The fourth-order valence-electron chi connectivity index (χ4n) is 4.47. The Morgan fingerprint density at radius 3 is 2.59 bits per heavy atom. The lowest BCUT2D eigenvalue weighted by molar-refractivity contribution is 0.0218. The van der Waals surface area contributed by atoms with Crippen LogP contribution in [0.25, 0.3) is 11.0 Å². The molecule has 3 heterocycles. The lowest BCUT2D eigenvalue weighted by Crippen LogP contribution is -2.54. The van der Waals surface area contributed by atoms with Gasteiger partial charge in [-0.1, -0.05) is 12.8 Å². The lowest BCUT2D eigenvalue weighted by Gasteiger charge is -2.41. The standard InChI is InChI=1S/C21H30IN5O2/c1-14-11-25(20(28)29-21(2,3)4)9-10-26(14)18-17-16(22)12-27(15-7-5-6-8-15)19(17)24-13-23-18/h12-15H,5-11H2,1-4H3/t14-/m0/s1. The molecule has 158 valence electrons. The summed E-state index contributed by atoms with van der Waals surface area (Å²) in [7, 11) is 0. The first-order chi connectivity index (χ1) is 13.7. The number of anilines is 1. The summed E-state index contributed by atoms with van der Waals surface area (Å²) < 4.78 is 9.11. The van der Waals surface area contributed by atoms with E-state index in [0.717, 1.165) is 23.4 Å². The molecule has 0 N–H and O–H groups in total. The lowest BCUT2D eigenvalue weighted by atomic mass is 10.1. The van der Waals surface area contributed by atoms with Crippen molar-refractivity contribution < 1.29 is 9.53 Å². The van der Waals surface area contributed by atoms with Crippen LogP contribution in [0.2, 0.25) is 0 Å². The molecule has 8 heteroatoms. The van der Waals surface area contributed by atoms with E-state index in [1.165, 1.54) is 29.3 Å². The molecule has 29 heavy (non-hydrogen) atoms. The zero-order chi connectivity index (χ0) is 20.8. The molecule has 4 rings (SSSR count). The quantitative estimate of drug-likeness (QED) is 0.552. The molecule has 2 aromatic heterocycles. The van der Waals surface area contributed by atoms with Gasteiger partial charge in [-0.25, -0.2) is 14.8 Å². The fourth-order valence-corrected chi connectivity index (χ4v) is 5.25. The number of hydrogen-bond donors (Lipinski definition) is 0. The summed E-state index contributed by atoms with van der Waals surface area (Å²) >= 11 is 2.41. The Labute approximate surface area is 185 Å². The summed E-state index contributed by atoms with van der Waals surface area (Å²) in [6.45, 7) is 9.84. The fraction of sp³-hybridized carbons (Fsp3) is 0.667. The second-order valence-corrected chi connectivity index (χ2v) is 10.3.